The summed E-state index contributed by atoms with van der Waals surface area (Å²) in [5, 5.41) is 8.95. The van der Waals surface area contributed by atoms with Gasteiger partial charge in [-0.2, -0.15) is 0 Å². The molecule has 1 N–H and O–H groups in total. The lowest BCUT2D eigenvalue weighted by atomic mass is 9.91. The fourth-order valence-electron chi connectivity index (χ4n) is 2.67. The molecule has 0 heterocycles. The Hall–Kier alpha value is -0.610. The number of rotatable bonds is 10. The maximum atomic E-state index is 11.9. The number of carbonyl (C=O) groups is 1. The highest BCUT2D eigenvalue weighted by molar-refractivity contribution is 5.76. The third-order valence-corrected chi connectivity index (χ3v) is 4.15. The summed E-state index contributed by atoms with van der Waals surface area (Å²) in [7, 11) is 0. The molecular weight excluding hydrogens is 240 g/mol. The van der Waals surface area contributed by atoms with Crippen LogP contribution in [0.4, 0.5) is 0 Å². The molecule has 112 valence electrons. The summed E-state index contributed by atoms with van der Waals surface area (Å²) in [4.78, 5) is 16.3. The smallest absolute Gasteiger partial charge is 0.222 e. The molecule has 0 spiro atoms. The van der Waals surface area contributed by atoms with Gasteiger partial charge in [0.15, 0.2) is 0 Å². The van der Waals surface area contributed by atoms with E-state index in [1.54, 1.807) is 0 Å². The fraction of sp³-hybridized carbons (Fsp3) is 0.933. The van der Waals surface area contributed by atoms with Gasteiger partial charge in [-0.1, -0.05) is 6.42 Å². The fourth-order valence-corrected chi connectivity index (χ4v) is 2.67. The van der Waals surface area contributed by atoms with Crippen molar-refractivity contribution in [3.05, 3.63) is 0 Å². The molecule has 0 radical (unpaired) electrons. The minimum Gasteiger partial charge on any atom is -0.396 e. The molecule has 1 rings (SSSR count). The van der Waals surface area contributed by atoms with E-state index in [2.05, 4.69) is 4.90 Å². The summed E-state index contributed by atoms with van der Waals surface area (Å²) in [6.45, 7) is 7.92. The Kier molecular flexibility index (Phi) is 8.07. The van der Waals surface area contributed by atoms with Gasteiger partial charge in [0.25, 0.3) is 0 Å². The Morgan fingerprint density at radius 1 is 1.16 bits per heavy atom. The van der Waals surface area contributed by atoms with Crippen LogP contribution in [0.15, 0.2) is 0 Å². The van der Waals surface area contributed by atoms with Gasteiger partial charge in [-0.15, -0.1) is 0 Å². The number of carbonyl (C=O) groups excluding carboxylic acids is 1. The van der Waals surface area contributed by atoms with Gasteiger partial charge in [-0.05, 0) is 46.1 Å². The van der Waals surface area contributed by atoms with Gasteiger partial charge in [0.2, 0.25) is 5.91 Å². The lowest BCUT2D eigenvalue weighted by molar-refractivity contribution is -0.131. The van der Waals surface area contributed by atoms with Crippen LogP contribution in [0.1, 0.15) is 52.4 Å². The first kappa shape index (κ1) is 16.4. The molecule has 0 aromatic carbocycles. The quantitative estimate of drug-likeness (QED) is 0.659. The Morgan fingerprint density at radius 2 is 1.79 bits per heavy atom. The monoisotopic (exact) mass is 270 g/mol. The van der Waals surface area contributed by atoms with Gasteiger partial charge >= 0.3 is 0 Å². The lowest BCUT2D eigenvalue weighted by Gasteiger charge is -2.37. The van der Waals surface area contributed by atoms with Crippen molar-refractivity contribution in [3.8, 4) is 0 Å². The number of hydrogen-bond acceptors (Lipinski definition) is 3. The van der Waals surface area contributed by atoms with Crippen molar-refractivity contribution >= 4 is 5.91 Å². The van der Waals surface area contributed by atoms with E-state index < -0.39 is 0 Å². The first-order valence-corrected chi connectivity index (χ1v) is 7.85. The Labute approximate surface area is 117 Å². The molecule has 0 atom stereocenters. The molecule has 1 amide bonds. The molecule has 1 aliphatic rings. The zero-order chi connectivity index (χ0) is 14.1. The molecule has 0 aromatic heterocycles. The average Bonchev–Trinajstić information content (AvgIpc) is 2.35. The van der Waals surface area contributed by atoms with E-state index in [0.29, 0.717) is 12.5 Å². The third-order valence-electron chi connectivity index (χ3n) is 4.15. The predicted molar refractivity (Wildman–Crippen MR) is 78.1 cm³/mol. The topological polar surface area (TPSA) is 43.8 Å². The molecule has 4 nitrogen and oxygen atoms in total. The van der Waals surface area contributed by atoms with Gasteiger partial charge in [0.1, 0.15) is 0 Å². The number of hydrogen-bond donors (Lipinski definition) is 1. The molecule has 0 bridgehead atoms. The number of nitrogens with zero attached hydrogens (tertiary/aromatic N) is 2. The average molecular weight is 270 g/mol. The van der Waals surface area contributed by atoms with E-state index >= 15 is 0 Å². The zero-order valence-electron chi connectivity index (χ0n) is 12.6. The van der Waals surface area contributed by atoms with E-state index in [1.165, 1.54) is 19.3 Å². The predicted octanol–water partition coefficient (Wildman–Crippen LogP) is 1.87. The van der Waals surface area contributed by atoms with Crippen LogP contribution in [-0.4, -0.2) is 59.6 Å². The largest absolute Gasteiger partial charge is 0.396 e. The molecule has 0 unspecified atom stereocenters. The van der Waals surface area contributed by atoms with Crippen molar-refractivity contribution in [2.45, 2.75) is 58.4 Å². The van der Waals surface area contributed by atoms with Gasteiger partial charge < -0.3 is 14.9 Å². The molecule has 19 heavy (non-hydrogen) atoms. The second-order valence-electron chi connectivity index (χ2n) is 5.37. The van der Waals surface area contributed by atoms with Gasteiger partial charge in [-0.3, -0.25) is 4.79 Å². The second-order valence-corrected chi connectivity index (χ2v) is 5.37. The van der Waals surface area contributed by atoms with Crippen molar-refractivity contribution in [2.24, 2.45) is 0 Å². The van der Waals surface area contributed by atoms with Crippen LogP contribution in [0.3, 0.4) is 0 Å². The van der Waals surface area contributed by atoms with Crippen LogP contribution >= 0.6 is 0 Å². The van der Waals surface area contributed by atoms with Crippen molar-refractivity contribution in [1.82, 2.24) is 9.80 Å². The molecule has 1 fully saturated rings. The first-order valence-electron chi connectivity index (χ1n) is 7.85. The molecule has 4 heteroatoms. The summed E-state index contributed by atoms with van der Waals surface area (Å²) in [5.74, 6) is 0.278. The highest BCUT2D eigenvalue weighted by Crippen LogP contribution is 2.25. The maximum Gasteiger partial charge on any atom is 0.222 e. The molecule has 1 aliphatic carbocycles. The normalized spacial score (nSPS) is 15.6. The highest BCUT2D eigenvalue weighted by Gasteiger charge is 2.24. The molecular formula is C15H30N2O2. The first-order chi connectivity index (χ1) is 9.22. The van der Waals surface area contributed by atoms with E-state index in [-0.39, 0.29) is 12.5 Å². The van der Waals surface area contributed by atoms with Crippen molar-refractivity contribution in [2.75, 3.05) is 32.8 Å². The van der Waals surface area contributed by atoms with E-state index in [0.717, 1.165) is 39.0 Å². The van der Waals surface area contributed by atoms with Gasteiger partial charge in [-0.25, -0.2) is 0 Å². The van der Waals surface area contributed by atoms with Crippen LogP contribution in [0.2, 0.25) is 0 Å². The van der Waals surface area contributed by atoms with Gasteiger partial charge in [0, 0.05) is 38.7 Å². The number of aliphatic hydroxyl groups is 1. The summed E-state index contributed by atoms with van der Waals surface area (Å²) in [5.41, 5.74) is 0. The Bertz CT molecular complexity index is 251. The van der Waals surface area contributed by atoms with E-state index in [1.807, 2.05) is 18.7 Å². The minimum atomic E-state index is 0.265. The van der Waals surface area contributed by atoms with Crippen LogP contribution in [0, 0.1) is 0 Å². The van der Waals surface area contributed by atoms with Crippen molar-refractivity contribution < 1.29 is 9.90 Å². The third kappa shape index (κ3) is 5.49. The maximum absolute atomic E-state index is 11.9. The SMILES string of the molecule is CCN(CC)C(=O)CCCN(CCCO)C1CCC1. The Balaban J connectivity index is 2.25. The molecule has 0 saturated heterocycles. The number of amides is 1. The van der Waals surface area contributed by atoms with Crippen LogP contribution in [-0.2, 0) is 4.79 Å². The molecule has 0 aliphatic heterocycles. The van der Waals surface area contributed by atoms with Crippen molar-refractivity contribution in [3.63, 3.8) is 0 Å². The minimum absolute atomic E-state index is 0.265. The molecule has 0 aromatic rings. The summed E-state index contributed by atoms with van der Waals surface area (Å²) >= 11 is 0. The summed E-state index contributed by atoms with van der Waals surface area (Å²) < 4.78 is 0. The van der Waals surface area contributed by atoms with Gasteiger partial charge in [0.05, 0.1) is 0 Å². The standard InChI is InChI=1S/C15H30N2O2/c1-3-16(4-2)15(19)10-6-11-17(12-7-13-18)14-8-5-9-14/h14,18H,3-13H2,1-2H3. The van der Waals surface area contributed by atoms with Crippen LogP contribution < -0.4 is 0 Å². The zero-order valence-corrected chi connectivity index (χ0v) is 12.6. The highest BCUT2D eigenvalue weighted by atomic mass is 16.3. The summed E-state index contributed by atoms with van der Waals surface area (Å²) in [6, 6.07) is 0.704. The van der Waals surface area contributed by atoms with E-state index in [9.17, 15) is 4.79 Å². The molecule has 1 saturated carbocycles. The van der Waals surface area contributed by atoms with E-state index in [4.69, 9.17) is 5.11 Å². The van der Waals surface area contributed by atoms with Crippen molar-refractivity contribution in [1.29, 1.82) is 0 Å². The Morgan fingerprint density at radius 3 is 2.26 bits per heavy atom. The van der Waals surface area contributed by atoms with Crippen LogP contribution in [0.25, 0.3) is 0 Å². The second kappa shape index (κ2) is 9.32. The van der Waals surface area contributed by atoms with Crippen LogP contribution in [0.5, 0.6) is 0 Å². The number of aliphatic hydroxyl groups excluding tert-OH is 1. The summed E-state index contributed by atoms with van der Waals surface area (Å²) in [6.07, 6.45) is 6.35. The lowest BCUT2D eigenvalue weighted by Crippen LogP contribution is -2.42.